The number of benzene rings is 1. The smallest absolute Gasteiger partial charge is 0.241 e. The molecule has 1 N–H and O–H groups in total. The summed E-state index contributed by atoms with van der Waals surface area (Å²) in [6, 6.07) is 6.03. The summed E-state index contributed by atoms with van der Waals surface area (Å²) >= 11 is 0. The Morgan fingerprint density at radius 2 is 2.05 bits per heavy atom. The summed E-state index contributed by atoms with van der Waals surface area (Å²) in [6.07, 6.45) is 0.505. The summed E-state index contributed by atoms with van der Waals surface area (Å²) in [7, 11) is 1.62. The van der Waals surface area contributed by atoms with E-state index in [1.54, 1.807) is 24.1 Å². The fourth-order valence-electron chi connectivity index (χ4n) is 2.64. The van der Waals surface area contributed by atoms with Crippen molar-refractivity contribution in [3.63, 3.8) is 0 Å². The number of amides is 1. The van der Waals surface area contributed by atoms with Crippen molar-refractivity contribution in [2.45, 2.75) is 38.5 Å². The van der Waals surface area contributed by atoms with Crippen molar-refractivity contribution in [3.8, 4) is 0 Å². The zero-order valence-corrected chi connectivity index (χ0v) is 12.1. The molecule has 0 bridgehead atoms. The number of nitrogens with zero attached hydrogens (tertiary/aromatic N) is 1. The van der Waals surface area contributed by atoms with Crippen LogP contribution in [0.25, 0.3) is 0 Å². The first-order chi connectivity index (χ1) is 9.58. The number of hydrogen-bond acceptors (Lipinski definition) is 3. The molecular weight excluding hydrogens is 259 g/mol. The molecule has 1 fully saturated rings. The minimum Gasteiger partial charge on any atom is -0.383 e. The molecule has 110 valence electrons. The lowest BCUT2D eigenvalue weighted by atomic mass is 10.1. The second-order valence-electron chi connectivity index (χ2n) is 5.13. The Hall–Kier alpha value is -1.46. The Balaban J connectivity index is 2.28. The standard InChI is InChI=1S/C15H21FN2O2/c1-4-13-15(19)18(10(2)9-20-3)14(17-13)11-5-7-12(16)8-6-11/h5-8,10,13-14,17H,4,9H2,1-3H3. The van der Waals surface area contributed by atoms with Crippen molar-refractivity contribution in [1.29, 1.82) is 0 Å². The molecule has 1 amide bonds. The second-order valence-corrected chi connectivity index (χ2v) is 5.13. The molecule has 1 aliphatic rings. The van der Waals surface area contributed by atoms with Gasteiger partial charge in [0.2, 0.25) is 5.91 Å². The molecule has 3 unspecified atom stereocenters. The van der Waals surface area contributed by atoms with E-state index in [1.807, 2.05) is 13.8 Å². The zero-order valence-electron chi connectivity index (χ0n) is 12.1. The number of halogens is 1. The highest BCUT2D eigenvalue weighted by molar-refractivity contribution is 5.84. The predicted octanol–water partition coefficient (Wildman–Crippen LogP) is 2.07. The molecule has 3 atom stereocenters. The second kappa shape index (κ2) is 6.33. The monoisotopic (exact) mass is 280 g/mol. The van der Waals surface area contributed by atoms with Gasteiger partial charge in [-0.25, -0.2) is 4.39 Å². The molecule has 1 saturated heterocycles. The zero-order chi connectivity index (χ0) is 14.7. The lowest BCUT2D eigenvalue weighted by molar-refractivity contribution is -0.133. The van der Waals surface area contributed by atoms with Gasteiger partial charge >= 0.3 is 0 Å². The average Bonchev–Trinajstić information content (AvgIpc) is 2.77. The van der Waals surface area contributed by atoms with Gasteiger partial charge in [0.05, 0.1) is 18.7 Å². The van der Waals surface area contributed by atoms with Gasteiger partial charge in [0.1, 0.15) is 12.0 Å². The van der Waals surface area contributed by atoms with Crippen LogP contribution in [0, 0.1) is 5.82 Å². The first-order valence-electron chi connectivity index (χ1n) is 6.91. The quantitative estimate of drug-likeness (QED) is 0.897. The normalized spacial score (nSPS) is 24.2. The van der Waals surface area contributed by atoms with Crippen molar-refractivity contribution in [1.82, 2.24) is 10.2 Å². The average molecular weight is 280 g/mol. The summed E-state index contributed by atoms with van der Waals surface area (Å²) in [5.41, 5.74) is 0.888. The van der Waals surface area contributed by atoms with Crippen molar-refractivity contribution in [2.24, 2.45) is 0 Å². The van der Waals surface area contributed by atoms with Crippen LogP contribution >= 0.6 is 0 Å². The van der Waals surface area contributed by atoms with E-state index < -0.39 is 0 Å². The maximum Gasteiger partial charge on any atom is 0.241 e. The highest BCUT2D eigenvalue weighted by Crippen LogP contribution is 2.28. The van der Waals surface area contributed by atoms with Gasteiger partial charge in [-0.15, -0.1) is 0 Å². The van der Waals surface area contributed by atoms with E-state index in [0.29, 0.717) is 6.61 Å². The van der Waals surface area contributed by atoms with Crippen LogP contribution in [-0.4, -0.2) is 36.6 Å². The third kappa shape index (κ3) is 2.83. The number of rotatable bonds is 5. The first kappa shape index (κ1) is 14.9. The summed E-state index contributed by atoms with van der Waals surface area (Å²) in [5, 5.41) is 3.31. The third-order valence-electron chi connectivity index (χ3n) is 3.67. The van der Waals surface area contributed by atoms with Gasteiger partial charge in [-0.3, -0.25) is 10.1 Å². The van der Waals surface area contributed by atoms with E-state index in [1.165, 1.54) is 12.1 Å². The predicted molar refractivity (Wildman–Crippen MR) is 74.5 cm³/mol. The molecule has 20 heavy (non-hydrogen) atoms. The number of carbonyl (C=O) groups excluding carboxylic acids is 1. The Morgan fingerprint density at radius 1 is 1.40 bits per heavy atom. The van der Waals surface area contributed by atoms with E-state index in [0.717, 1.165) is 12.0 Å². The van der Waals surface area contributed by atoms with Crippen molar-refractivity contribution in [3.05, 3.63) is 35.6 Å². The lowest BCUT2D eigenvalue weighted by Crippen LogP contribution is -2.40. The highest BCUT2D eigenvalue weighted by atomic mass is 19.1. The minimum atomic E-state index is -0.276. The minimum absolute atomic E-state index is 0.0356. The first-order valence-corrected chi connectivity index (χ1v) is 6.91. The van der Waals surface area contributed by atoms with Crippen LogP contribution in [0.5, 0.6) is 0 Å². The Kier molecular flexibility index (Phi) is 4.73. The van der Waals surface area contributed by atoms with Gasteiger partial charge in [0.15, 0.2) is 0 Å². The molecule has 2 rings (SSSR count). The number of hydrogen-bond donors (Lipinski definition) is 1. The largest absolute Gasteiger partial charge is 0.383 e. The van der Waals surface area contributed by atoms with E-state index in [4.69, 9.17) is 4.74 Å². The number of methoxy groups -OCH3 is 1. The van der Waals surface area contributed by atoms with Crippen LogP contribution in [0.1, 0.15) is 32.0 Å². The molecule has 1 aliphatic heterocycles. The molecule has 0 aliphatic carbocycles. The van der Waals surface area contributed by atoms with E-state index in [9.17, 15) is 9.18 Å². The highest BCUT2D eigenvalue weighted by Gasteiger charge is 2.40. The van der Waals surface area contributed by atoms with Gasteiger partial charge in [-0.1, -0.05) is 19.1 Å². The Labute approximate surface area is 118 Å². The van der Waals surface area contributed by atoms with Crippen LogP contribution in [0.4, 0.5) is 4.39 Å². The maximum absolute atomic E-state index is 13.0. The number of carbonyl (C=O) groups is 1. The van der Waals surface area contributed by atoms with Gasteiger partial charge in [0, 0.05) is 7.11 Å². The van der Waals surface area contributed by atoms with Crippen molar-refractivity contribution >= 4 is 5.91 Å². The van der Waals surface area contributed by atoms with Crippen LogP contribution in [-0.2, 0) is 9.53 Å². The molecular formula is C15H21FN2O2. The van der Waals surface area contributed by atoms with Gasteiger partial charge in [-0.05, 0) is 31.0 Å². The summed E-state index contributed by atoms with van der Waals surface area (Å²) in [5.74, 6) is -0.201. The molecule has 1 aromatic rings. The molecule has 0 aromatic heterocycles. The summed E-state index contributed by atoms with van der Waals surface area (Å²) < 4.78 is 18.2. The Morgan fingerprint density at radius 3 is 2.60 bits per heavy atom. The third-order valence-corrected chi connectivity index (χ3v) is 3.67. The molecule has 1 aromatic carbocycles. The number of ether oxygens (including phenoxy) is 1. The van der Waals surface area contributed by atoms with Crippen LogP contribution in [0.2, 0.25) is 0 Å². The molecule has 1 heterocycles. The van der Waals surface area contributed by atoms with Gasteiger partial charge in [-0.2, -0.15) is 0 Å². The summed E-state index contributed by atoms with van der Waals surface area (Å²) in [4.78, 5) is 14.2. The van der Waals surface area contributed by atoms with Gasteiger partial charge in [0.25, 0.3) is 0 Å². The maximum atomic E-state index is 13.0. The van der Waals surface area contributed by atoms with Crippen LogP contribution in [0.15, 0.2) is 24.3 Å². The molecule has 4 nitrogen and oxygen atoms in total. The van der Waals surface area contributed by atoms with E-state index in [-0.39, 0.29) is 30.0 Å². The fourth-order valence-corrected chi connectivity index (χ4v) is 2.64. The SMILES string of the molecule is CCC1NC(c2ccc(F)cc2)N(C(C)COC)C1=O. The number of nitrogens with one attached hydrogen (secondary N) is 1. The van der Waals surface area contributed by atoms with Crippen molar-refractivity contribution < 1.29 is 13.9 Å². The van der Waals surface area contributed by atoms with Crippen LogP contribution in [0.3, 0.4) is 0 Å². The molecule has 0 spiro atoms. The van der Waals surface area contributed by atoms with E-state index >= 15 is 0 Å². The fraction of sp³-hybridized carbons (Fsp3) is 0.533. The van der Waals surface area contributed by atoms with Gasteiger partial charge < -0.3 is 9.64 Å². The van der Waals surface area contributed by atoms with E-state index in [2.05, 4.69) is 5.32 Å². The Bertz CT molecular complexity index is 463. The van der Waals surface area contributed by atoms with Crippen molar-refractivity contribution in [2.75, 3.05) is 13.7 Å². The molecule has 0 saturated carbocycles. The topological polar surface area (TPSA) is 41.6 Å². The molecule has 0 radical (unpaired) electrons. The van der Waals surface area contributed by atoms with Crippen LogP contribution < -0.4 is 5.32 Å². The summed E-state index contributed by atoms with van der Waals surface area (Å²) in [6.45, 7) is 4.40. The lowest BCUT2D eigenvalue weighted by Gasteiger charge is -2.30. The molecule has 5 heteroatoms.